The average molecular weight is 387 g/mol. The van der Waals surface area contributed by atoms with Gasteiger partial charge in [-0.15, -0.1) is 5.10 Å². The Balaban J connectivity index is 1.30. The molecule has 6 nitrogen and oxygen atoms in total. The number of aromatic nitrogens is 3. The monoisotopic (exact) mass is 386 g/mol. The van der Waals surface area contributed by atoms with Gasteiger partial charge in [-0.25, -0.2) is 0 Å². The molecular formula is C23H26N6. The summed E-state index contributed by atoms with van der Waals surface area (Å²) in [6.07, 6.45) is 6.16. The molecular weight excluding hydrogens is 360 g/mol. The van der Waals surface area contributed by atoms with Crippen LogP contribution in [0.1, 0.15) is 11.1 Å². The smallest absolute Gasteiger partial charge is 0.249 e. The quantitative estimate of drug-likeness (QED) is 0.696. The molecule has 6 heteroatoms. The van der Waals surface area contributed by atoms with Crippen LogP contribution in [0.3, 0.4) is 0 Å². The number of hydrogen-bond donors (Lipinski definition) is 1. The molecule has 4 rings (SSSR count). The van der Waals surface area contributed by atoms with Crippen molar-refractivity contribution in [2.24, 2.45) is 0 Å². The van der Waals surface area contributed by atoms with E-state index in [0.29, 0.717) is 5.95 Å². The van der Waals surface area contributed by atoms with E-state index >= 15 is 0 Å². The normalized spacial score (nSPS) is 15.0. The predicted octanol–water partition coefficient (Wildman–Crippen LogP) is 3.76. The number of benzene rings is 2. The van der Waals surface area contributed by atoms with Gasteiger partial charge in [-0.2, -0.15) is 10.1 Å². The van der Waals surface area contributed by atoms with Crippen molar-refractivity contribution >= 4 is 23.5 Å². The van der Waals surface area contributed by atoms with Gasteiger partial charge >= 0.3 is 0 Å². The maximum atomic E-state index is 4.65. The van der Waals surface area contributed by atoms with Gasteiger partial charge in [0.25, 0.3) is 0 Å². The first-order chi connectivity index (χ1) is 14.3. The Bertz CT molecular complexity index is 931. The Hall–Kier alpha value is -3.25. The number of anilines is 3. The lowest BCUT2D eigenvalue weighted by Crippen LogP contribution is -2.46. The van der Waals surface area contributed by atoms with Crippen molar-refractivity contribution in [3.63, 3.8) is 0 Å². The van der Waals surface area contributed by atoms with Crippen LogP contribution in [0, 0.1) is 6.92 Å². The summed E-state index contributed by atoms with van der Waals surface area (Å²) < 4.78 is 0. The zero-order valence-corrected chi connectivity index (χ0v) is 16.7. The van der Waals surface area contributed by atoms with Crippen molar-refractivity contribution in [1.82, 2.24) is 20.1 Å². The summed E-state index contributed by atoms with van der Waals surface area (Å²) in [4.78, 5) is 9.37. The lowest BCUT2D eigenvalue weighted by molar-refractivity contribution is 0.283. The highest BCUT2D eigenvalue weighted by Gasteiger charge is 2.18. The molecule has 29 heavy (non-hydrogen) atoms. The van der Waals surface area contributed by atoms with Crippen molar-refractivity contribution < 1.29 is 0 Å². The van der Waals surface area contributed by atoms with E-state index in [-0.39, 0.29) is 0 Å². The molecule has 3 aromatic rings. The number of piperazine rings is 1. The summed E-state index contributed by atoms with van der Waals surface area (Å²) in [5.74, 6) is 1.40. The van der Waals surface area contributed by atoms with Gasteiger partial charge < -0.3 is 10.2 Å². The van der Waals surface area contributed by atoms with Crippen molar-refractivity contribution in [2.75, 3.05) is 42.9 Å². The molecule has 1 aliphatic rings. The van der Waals surface area contributed by atoms with Crippen LogP contribution < -0.4 is 10.2 Å². The van der Waals surface area contributed by atoms with Crippen LogP contribution in [0.4, 0.5) is 17.5 Å². The second kappa shape index (κ2) is 9.30. The van der Waals surface area contributed by atoms with E-state index in [1.807, 2.05) is 18.2 Å². The first kappa shape index (κ1) is 19.1. The van der Waals surface area contributed by atoms with Crippen molar-refractivity contribution in [2.45, 2.75) is 6.92 Å². The Morgan fingerprint density at radius 3 is 2.48 bits per heavy atom. The largest absolute Gasteiger partial charge is 0.353 e. The summed E-state index contributed by atoms with van der Waals surface area (Å²) in [7, 11) is 0. The van der Waals surface area contributed by atoms with Gasteiger partial charge in [-0.1, -0.05) is 60.2 Å². The third-order valence-corrected chi connectivity index (χ3v) is 5.02. The first-order valence-corrected chi connectivity index (χ1v) is 9.98. The number of aryl methyl sites for hydroxylation is 1. The summed E-state index contributed by atoms with van der Waals surface area (Å²) in [6, 6.07) is 18.6. The molecule has 0 aliphatic carbocycles. The molecule has 0 saturated carbocycles. The van der Waals surface area contributed by atoms with Crippen molar-refractivity contribution in [3.8, 4) is 0 Å². The summed E-state index contributed by atoms with van der Waals surface area (Å²) in [5, 5.41) is 11.5. The van der Waals surface area contributed by atoms with E-state index in [1.165, 1.54) is 11.1 Å². The third-order valence-electron chi connectivity index (χ3n) is 5.02. The molecule has 0 bridgehead atoms. The van der Waals surface area contributed by atoms with Crippen LogP contribution in [0.5, 0.6) is 0 Å². The lowest BCUT2D eigenvalue weighted by atomic mass is 10.2. The lowest BCUT2D eigenvalue weighted by Gasteiger charge is -2.34. The zero-order valence-electron chi connectivity index (χ0n) is 16.7. The highest BCUT2D eigenvalue weighted by atomic mass is 15.3. The average Bonchev–Trinajstić information content (AvgIpc) is 2.77. The van der Waals surface area contributed by atoms with E-state index < -0.39 is 0 Å². The predicted molar refractivity (Wildman–Crippen MR) is 118 cm³/mol. The molecule has 0 radical (unpaired) electrons. The van der Waals surface area contributed by atoms with E-state index in [9.17, 15) is 0 Å². The molecule has 1 saturated heterocycles. The molecule has 2 aromatic carbocycles. The van der Waals surface area contributed by atoms with E-state index in [4.69, 9.17) is 0 Å². The molecule has 1 fully saturated rings. The molecule has 2 heterocycles. The van der Waals surface area contributed by atoms with Crippen LogP contribution in [-0.2, 0) is 0 Å². The van der Waals surface area contributed by atoms with Gasteiger partial charge in [0.15, 0.2) is 5.82 Å². The van der Waals surface area contributed by atoms with Crippen molar-refractivity contribution in [3.05, 3.63) is 78.0 Å². The Labute approximate surface area is 171 Å². The summed E-state index contributed by atoms with van der Waals surface area (Å²) in [6.45, 7) is 6.90. The number of nitrogens with one attached hydrogen (secondary N) is 1. The standard InChI is InChI=1S/C23H26N6/c1-19-9-11-21(12-10-19)25-23-26-22(18-24-27-23)29-16-14-28(15-17-29)13-5-8-20-6-3-2-4-7-20/h2-12,18H,13-17H2,1H3,(H,25,26,27)/b8-5+. The highest BCUT2D eigenvalue weighted by Crippen LogP contribution is 2.17. The van der Waals surface area contributed by atoms with Crippen LogP contribution in [0.2, 0.25) is 0 Å². The second-order valence-electron chi connectivity index (χ2n) is 7.23. The highest BCUT2D eigenvalue weighted by molar-refractivity contribution is 5.55. The van der Waals surface area contributed by atoms with Gasteiger partial charge in [-0.05, 0) is 24.6 Å². The molecule has 1 aliphatic heterocycles. The van der Waals surface area contributed by atoms with E-state index in [0.717, 1.165) is 44.2 Å². The Morgan fingerprint density at radius 2 is 1.72 bits per heavy atom. The fourth-order valence-electron chi connectivity index (χ4n) is 3.33. The van der Waals surface area contributed by atoms with Crippen LogP contribution in [0.15, 0.2) is 66.9 Å². The fourth-order valence-corrected chi connectivity index (χ4v) is 3.33. The van der Waals surface area contributed by atoms with Crippen LogP contribution in [-0.4, -0.2) is 52.8 Å². The Kier molecular flexibility index (Phi) is 6.12. The van der Waals surface area contributed by atoms with E-state index in [1.54, 1.807) is 6.20 Å². The molecule has 1 aromatic heterocycles. The maximum absolute atomic E-state index is 4.65. The minimum atomic E-state index is 0.527. The molecule has 148 valence electrons. The number of hydrogen-bond acceptors (Lipinski definition) is 6. The number of rotatable bonds is 6. The van der Waals surface area contributed by atoms with Gasteiger partial charge in [0, 0.05) is 38.4 Å². The molecule has 0 atom stereocenters. The molecule has 0 unspecified atom stereocenters. The van der Waals surface area contributed by atoms with Crippen molar-refractivity contribution in [1.29, 1.82) is 0 Å². The fraction of sp³-hybridized carbons (Fsp3) is 0.261. The summed E-state index contributed by atoms with van der Waals surface area (Å²) in [5.41, 5.74) is 3.43. The van der Waals surface area contributed by atoms with Crippen LogP contribution in [0.25, 0.3) is 6.08 Å². The van der Waals surface area contributed by atoms with Crippen LogP contribution >= 0.6 is 0 Å². The molecule has 0 spiro atoms. The van der Waals surface area contributed by atoms with E-state index in [2.05, 4.69) is 85.8 Å². The third kappa shape index (κ3) is 5.39. The van der Waals surface area contributed by atoms with Gasteiger partial charge in [0.2, 0.25) is 5.95 Å². The van der Waals surface area contributed by atoms with Gasteiger partial charge in [0.05, 0.1) is 6.20 Å². The Morgan fingerprint density at radius 1 is 0.966 bits per heavy atom. The second-order valence-corrected chi connectivity index (χ2v) is 7.23. The zero-order chi connectivity index (χ0) is 19.9. The van der Waals surface area contributed by atoms with Gasteiger partial charge in [0.1, 0.15) is 0 Å². The molecule has 0 amide bonds. The maximum Gasteiger partial charge on any atom is 0.249 e. The topological polar surface area (TPSA) is 57.2 Å². The SMILES string of the molecule is Cc1ccc(Nc2nncc(N3CCN(C/C=C/c4ccccc4)CC3)n2)cc1. The minimum Gasteiger partial charge on any atom is -0.353 e. The van der Waals surface area contributed by atoms with Gasteiger partial charge in [-0.3, -0.25) is 4.90 Å². The summed E-state index contributed by atoms with van der Waals surface area (Å²) >= 11 is 0. The molecule has 1 N–H and O–H groups in total. The minimum absolute atomic E-state index is 0.527. The first-order valence-electron chi connectivity index (χ1n) is 9.98. The number of nitrogens with zero attached hydrogens (tertiary/aromatic N) is 5.